The summed E-state index contributed by atoms with van der Waals surface area (Å²) in [5, 5.41) is 0. The van der Waals surface area contributed by atoms with Crippen LogP contribution in [0.1, 0.15) is 40.5 Å². The highest BCUT2D eigenvalue weighted by Crippen LogP contribution is 2.41. The zero-order chi connectivity index (χ0) is 18.3. The van der Waals surface area contributed by atoms with E-state index in [9.17, 15) is 17.6 Å². The lowest BCUT2D eigenvalue weighted by Gasteiger charge is -2.32. The third kappa shape index (κ3) is 4.12. The molecular weight excluding hydrogens is 327 g/mol. The second kappa shape index (κ2) is 6.59. The van der Waals surface area contributed by atoms with Crippen molar-refractivity contribution in [2.75, 3.05) is 19.6 Å². The lowest BCUT2D eigenvalue weighted by Crippen LogP contribution is -2.42. The highest BCUT2D eigenvalue weighted by Gasteiger charge is 2.55. The number of nitrogens with two attached hydrogens (primary N) is 1. The van der Waals surface area contributed by atoms with E-state index in [4.69, 9.17) is 15.0 Å². The Bertz CT molecular complexity index is 484. The predicted molar refractivity (Wildman–Crippen MR) is 83.9 cm³/mol. The van der Waals surface area contributed by atoms with Crippen LogP contribution in [0.25, 0.3) is 0 Å². The van der Waals surface area contributed by atoms with Gasteiger partial charge >= 0.3 is 13.3 Å². The zero-order valence-corrected chi connectivity index (χ0v) is 14.5. The van der Waals surface area contributed by atoms with E-state index in [-0.39, 0.29) is 6.04 Å². The van der Waals surface area contributed by atoms with E-state index in [1.54, 1.807) is 32.6 Å². The third-order valence-electron chi connectivity index (χ3n) is 5.10. The Morgan fingerprint density at radius 1 is 1.12 bits per heavy atom. The van der Waals surface area contributed by atoms with Gasteiger partial charge in [-0.2, -0.15) is 13.2 Å². The normalized spacial score (nSPS) is 26.6. The van der Waals surface area contributed by atoms with E-state index in [0.29, 0.717) is 25.9 Å². The number of hydrogen-bond donors (Lipinski definition) is 1. The molecule has 9 heteroatoms. The fourth-order valence-corrected chi connectivity index (χ4v) is 2.72. The van der Waals surface area contributed by atoms with Crippen LogP contribution in [0.4, 0.5) is 17.6 Å². The number of halogens is 4. The molecule has 0 unspecified atom stereocenters. The molecule has 2 rings (SSSR count). The van der Waals surface area contributed by atoms with Gasteiger partial charge in [-0.1, -0.05) is 0 Å². The monoisotopic (exact) mass is 352 g/mol. The van der Waals surface area contributed by atoms with Gasteiger partial charge in [-0.15, -0.1) is 0 Å². The summed E-state index contributed by atoms with van der Waals surface area (Å²) in [7, 11) is -1.64. The molecule has 0 radical (unpaired) electrons. The van der Waals surface area contributed by atoms with Crippen molar-refractivity contribution in [2.24, 2.45) is 5.73 Å². The van der Waals surface area contributed by atoms with Crippen molar-refractivity contribution in [3.63, 3.8) is 0 Å². The Morgan fingerprint density at radius 2 is 1.58 bits per heavy atom. The van der Waals surface area contributed by atoms with Crippen LogP contribution in [-0.4, -0.2) is 55.1 Å². The SMILES string of the molecule is CC1(C)OB(C(F)=C(CN2CCC(N)CC2)C(F)(F)F)OC1(C)C. The summed E-state index contributed by atoms with van der Waals surface area (Å²) in [6.45, 7) is 6.97. The number of nitrogens with zero attached hydrogens (tertiary/aromatic N) is 1. The van der Waals surface area contributed by atoms with Crippen LogP contribution in [0.5, 0.6) is 0 Å². The van der Waals surface area contributed by atoms with Crippen molar-refractivity contribution in [2.45, 2.75) is 64.0 Å². The van der Waals surface area contributed by atoms with Crippen LogP contribution >= 0.6 is 0 Å². The molecule has 24 heavy (non-hydrogen) atoms. The van der Waals surface area contributed by atoms with Gasteiger partial charge < -0.3 is 15.0 Å². The Morgan fingerprint density at radius 3 is 2.00 bits per heavy atom. The molecule has 2 saturated heterocycles. The minimum Gasteiger partial charge on any atom is -0.398 e. The molecule has 0 spiro atoms. The van der Waals surface area contributed by atoms with Crippen molar-refractivity contribution in [3.8, 4) is 0 Å². The maximum atomic E-state index is 14.6. The lowest BCUT2D eigenvalue weighted by atomic mass is 9.84. The standard InChI is InChI=1S/C15H25BF4N2O2/c1-13(2)14(3,4)24-16(23-13)12(17)11(15(18,19)20)9-22-7-5-10(21)6-8-22/h10H,5-9,21H2,1-4H3. The molecule has 0 aromatic carbocycles. The molecule has 2 heterocycles. The summed E-state index contributed by atoms with van der Waals surface area (Å²) in [5.41, 5.74) is 1.33. The summed E-state index contributed by atoms with van der Waals surface area (Å²) in [6.07, 6.45) is -3.58. The molecule has 2 N–H and O–H groups in total. The highest BCUT2D eigenvalue weighted by molar-refractivity contribution is 6.53. The van der Waals surface area contributed by atoms with E-state index in [0.717, 1.165) is 0 Å². The number of piperidine rings is 1. The Kier molecular flexibility index (Phi) is 5.40. The predicted octanol–water partition coefficient (Wildman–Crippen LogP) is 2.83. The van der Waals surface area contributed by atoms with E-state index in [2.05, 4.69) is 0 Å². The van der Waals surface area contributed by atoms with Crippen molar-refractivity contribution in [1.82, 2.24) is 4.90 Å². The van der Waals surface area contributed by atoms with Crippen LogP contribution in [0, 0.1) is 0 Å². The molecule has 0 bridgehead atoms. The Hall–Kier alpha value is -0.635. The van der Waals surface area contributed by atoms with Gasteiger partial charge in [0, 0.05) is 12.6 Å². The molecule has 4 nitrogen and oxygen atoms in total. The second-order valence-corrected chi connectivity index (χ2v) is 7.53. The van der Waals surface area contributed by atoms with Gasteiger partial charge in [0.05, 0.1) is 16.8 Å². The smallest absolute Gasteiger partial charge is 0.398 e. The summed E-state index contributed by atoms with van der Waals surface area (Å²) < 4.78 is 65.6. The fraction of sp³-hybridized carbons (Fsp3) is 0.867. The van der Waals surface area contributed by atoms with Gasteiger partial charge in [-0.25, -0.2) is 4.39 Å². The molecule has 0 aromatic heterocycles. The van der Waals surface area contributed by atoms with Crippen LogP contribution in [0.3, 0.4) is 0 Å². The van der Waals surface area contributed by atoms with Gasteiger partial charge in [-0.05, 0) is 53.6 Å². The van der Waals surface area contributed by atoms with Crippen LogP contribution in [-0.2, 0) is 9.31 Å². The Labute approximate surface area is 140 Å². The molecule has 0 aromatic rings. The molecule has 138 valence electrons. The van der Waals surface area contributed by atoms with Gasteiger partial charge in [0.2, 0.25) is 0 Å². The first-order valence-corrected chi connectivity index (χ1v) is 8.13. The van der Waals surface area contributed by atoms with Gasteiger partial charge in [-0.3, -0.25) is 4.90 Å². The maximum Gasteiger partial charge on any atom is 0.525 e. The molecule has 2 aliphatic heterocycles. The van der Waals surface area contributed by atoms with Crippen molar-refractivity contribution >= 4 is 7.12 Å². The summed E-state index contributed by atoms with van der Waals surface area (Å²) >= 11 is 0. The molecule has 2 aliphatic rings. The molecule has 0 amide bonds. The average Bonchev–Trinajstić information content (AvgIpc) is 2.65. The average molecular weight is 352 g/mol. The number of likely N-dealkylation sites (tertiary alicyclic amines) is 1. The van der Waals surface area contributed by atoms with E-state index in [1.165, 1.54) is 0 Å². The summed E-state index contributed by atoms with van der Waals surface area (Å²) in [4.78, 5) is 1.57. The Balaban J connectivity index is 2.22. The van der Waals surface area contributed by atoms with Crippen LogP contribution in [0.2, 0.25) is 0 Å². The van der Waals surface area contributed by atoms with Crippen molar-refractivity contribution in [3.05, 3.63) is 11.3 Å². The molecule has 2 fully saturated rings. The summed E-state index contributed by atoms with van der Waals surface area (Å²) in [6, 6.07) is -0.00693. The van der Waals surface area contributed by atoms with Gasteiger partial charge in [0.25, 0.3) is 0 Å². The topological polar surface area (TPSA) is 47.7 Å². The van der Waals surface area contributed by atoms with E-state index in [1.807, 2.05) is 0 Å². The first-order chi connectivity index (χ1) is 10.8. The molecule has 0 saturated carbocycles. The largest absolute Gasteiger partial charge is 0.525 e. The molecule has 0 aliphatic carbocycles. The highest BCUT2D eigenvalue weighted by atomic mass is 19.4. The van der Waals surface area contributed by atoms with Crippen molar-refractivity contribution < 1.29 is 26.9 Å². The van der Waals surface area contributed by atoms with Gasteiger partial charge in [0.1, 0.15) is 5.73 Å². The minimum absolute atomic E-state index is 0.00693. The van der Waals surface area contributed by atoms with Crippen LogP contribution in [0.15, 0.2) is 11.3 Å². The quantitative estimate of drug-likeness (QED) is 0.627. The molecule has 0 atom stereocenters. The zero-order valence-electron chi connectivity index (χ0n) is 14.5. The number of alkyl halides is 3. The second-order valence-electron chi connectivity index (χ2n) is 7.53. The number of rotatable bonds is 3. The third-order valence-corrected chi connectivity index (χ3v) is 5.10. The minimum atomic E-state index is -4.78. The first kappa shape index (κ1) is 19.7. The summed E-state index contributed by atoms with van der Waals surface area (Å²) in [5.74, 6) is 0. The molecular formula is C15H25BF4N2O2. The lowest BCUT2D eigenvalue weighted by molar-refractivity contribution is -0.0978. The number of hydrogen-bond acceptors (Lipinski definition) is 4. The van der Waals surface area contributed by atoms with E-state index >= 15 is 0 Å². The van der Waals surface area contributed by atoms with Gasteiger partial charge in [0.15, 0.2) is 0 Å². The maximum absolute atomic E-state index is 14.6. The fourth-order valence-electron chi connectivity index (χ4n) is 2.72. The van der Waals surface area contributed by atoms with E-state index < -0.39 is 42.3 Å². The van der Waals surface area contributed by atoms with Crippen molar-refractivity contribution in [1.29, 1.82) is 0 Å². The first-order valence-electron chi connectivity index (χ1n) is 8.13. The van der Waals surface area contributed by atoms with Crippen LogP contribution < -0.4 is 5.73 Å².